The first-order valence-corrected chi connectivity index (χ1v) is 6.04. The topological polar surface area (TPSA) is 32.3 Å². The lowest BCUT2D eigenvalue weighted by molar-refractivity contribution is 0.229. The van der Waals surface area contributed by atoms with Crippen LogP contribution < -0.4 is 5.32 Å². The highest BCUT2D eigenvalue weighted by Gasteiger charge is 2.17. The van der Waals surface area contributed by atoms with E-state index in [1.54, 1.807) is 0 Å². The predicted molar refractivity (Wildman–Crippen MR) is 68.7 cm³/mol. The highest BCUT2D eigenvalue weighted by molar-refractivity contribution is 6.30. The average Bonchev–Trinajstić information content (AvgIpc) is 2.26. The van der Waals surface area contributed by atoms with Crippen molar-refractivity contribution in [1.82, 2.24) is 5.32 Å². The molecule has 0 radical (unpaired) electrons. The zero-order chi connectivity index (χ0) is 12.1. The molecule has 0 heterocycles. The molecule has 3 heteroatoms. The Kier molecular flexibility index (Phi) is 5.26. The van der Waals surface area contributed by atoms with Crippen molar-refractivity contribution >= 4 is 11.6 Å². The molecule has 0 aliphatic heterocycles. The molecular formula is C13H20ClNO. The number of halogens is 1. The Bertz CT molecular complexity index is 310. The van der Waals surface area contributed by atoms with Gasteiger partial charge in [0.2, 0.25) is 0 Å². The third-order valence-corrected chi connectivity index (χ3v) is 2.89. The van der Waals surface area contributed by atoms with E-state index in [4.69, 9.17) is 16.7 Å². The molecule has 0 spiro atoms. The van der Waals surface area contributed by atoms with Crippen LogP contribution in [0.4, 0.5) is 0 Å². The smallest absolute Gasteiger partial charge is 0.0582 e. The summed E-state index contributed by atoms with van der Waals surface area (Å²) in [5.41, 5.74) is 1.21. The number of nitrogens with one attached hydrogen (secondary N) is 1. The maximum Gasteiger partial charge on any atom is 0.0582 e. The van der Waals surface area contributed by atoms with E-state index in [1.165, 1.54) is 5.56 Å². The van der Waals surface area contributed by atoms with Crippen LogP contribution in [0.1, 0.15) is 32.4 Å². The van der Waals surface area contributed by atoms with E-state index in [0.29, 0.717) is 5.92 Å². The van der Waals surface area contributed by atoms with E-state index in [2.05, 4.69) is 19.2 Å². The van der Waals surface area contributed by atoms with Gasteiger partial charge in [0.25, 0.3) is 0 Å². The van der Waals surface area contributed by atoms with Gasteiger partial charge >= 0.3 is 0 Å². The zero-order valence-corrected chi connectivity index (χ0v) is 10.8. The lowest BCUT2D eigenvalue weighted by Crippen LogP contribution is -2.35. The van der Waals surface area contributed by atoms with E-state index >= 15 is 0 Å². The second-order valence-electron chi connectivity index (χ2n) is 4.52. The van der Waals surface area contributed by atoms with Gasteiger partial charge in [0.15, 0.2) is 0 Å². The molecule has 0 aliphatic rings. The Balaban J connectivity index is 2.81. The molecule has 1 rings (SSSR count). The van der Waals surface area contributed by atoms with Gasteiger partial charge in [0, 0.05) is 17.1 Å². The Labute approximate surface area is 103 Å². The molecule has 2 atom stereocenters. The van der Waals surface area contributed by atoms with E-state index < -0.39 is 0 Å². The molecule has 90 valence electrons. The summed E-state index contributed by atoms with van der Waals surface area (Å²) in [5, 5.41) is 13.2. The molecule has 0 saturated carbocycles. The Hall–Kier alpha value is -0.570. The molecule has 1 aromatic rings. The normalized spacial score (nSPS) is 15.1. The van der Waals surface area contributed by atoms with Crippen LogP contribution in [0, 0.1) is 5.92 Å². The van der Waals surface area contributed by atoms with Crippen LogP contribution in [0.15, 0.2) is 24.3 Å². The fourth-order valence-corrected chi connectivity index (χ4v) is 1.83. The second-order valence-corrected chi connectivity index (χ2v) is 4.96. The molecule has 2 N–H and O–H groups in total. The third-order valence-electron chi connectivity index (χ3n) is 2.63. The second kappa shape index (κ2) is 6.24. The van der Waals surface area contributed by atoms with E-state index in [1.807, 2.05) is 31.2 Å². The molecule has 0 bridgehead atoms. The van der Waals surface area contributed by atoms with Crippen molar-refractivity contribution < 1.29 is 5.11 Å². The molecule has 0 amide bonds. The number of aliphatic hydroxyl groups is 1. The van der Waals surface area contributed by atoms with Crippen molar-refractivity contribution in [2.75, 3.05) is 6.61 Å². The first kappa shape index (κ1) is 13.5. The molecule has 0 aromatic heterocycles. The van der Waals surface area contributed by atoms with Crippen LogP contribution >= 0.6 is 11.6 Å². The Morgan fingerprint density at radius 2 is 1.75 bits per heavy atom. The lowest BCUT2D eigenvalue weighted by Gasteiger charge is -2.26. The average molecular weight is 242 g/mol. The number of benzene rings is 1. The Morgan fingerprint density at radius 1 is 1.19 bits per heavy atom. The number of hydrogen-bond acceptors (Lipinski definition) is 2. The Morgan fingerprint density at radius 3 is 2.19 bits per heavy atom. The molecule has 16 heavy (non-hydrogen) atoms. The maximum atomic E-state index is 9.07. The van der Waals surface area contributed by atoms with Crippen molar-refractivity contribution in [2.24, 2.45) is 5.92 Å². The van der Waals surface area contributed by atoms with Crippen molar-refractivity contribution in [2.45, 2.75) is 32.9 Å². The van der Waals surface area contributed by atoms with Crippen LogP contribution in [-0.2, 0) is 0 Å². The minimum Gasteiger partial charge on any atom is -0.395 e. The van der Waals surface area contributed by atoms with Gasteiger partial charge in [-0.2, -0.15) is 0 Å². The van der Waals surface area contributed by atoms with Crippen molar-refractivity contribution in [3.63, 3.8) is 0 Å². The monoisotopic (exact) mass is 241 g/mol. The van der Waals surface area contributed by atoms with Gasteiger partial charge in [-0.3, -0.25) is 0 Å². The van der Waals surface area contributed by atoms with Gasteiger partial charge in [-0.05, 0) is 30.5 Å². The van der Waals surface area contributed by atoms with Gasteiger partial charge in [-0.25, -0.2) is 0 Å². The minimum atomic E-state index is 0.100. The minimum absolute atomic E-state index is 0.100. The van der Waals surface area contributed by atoms with Crippen LogP contribution in [0.25, 0.3) is 0 Å². The number of rotatable bonds is 5. The summed E-state index contributed by atoms with van der Waals surface area (Å²) >= 11 is 5.87. The van der Waals surface area contributed by atoms with Gasteiger partial charge in [0.1, 0.15) is 0 Å². The molecule has 1 unspecified atom stereocenters. The van der Waals surface area contributed by atoms with Gasteiger partial charge in [0.05, 0.1) is 6.61 Å². The maximum absolute atomic E-state index is 9.07. The summed E-state index contributed by atoms with van der Waals surface area (Å²) in [6, 6.07) is 8.21. The molecule has 0 fully saturated rings. The van der Waals surface area contributed by atoms with Crippen LogP contribution in [0.2, 0.25) is 5.02 Å². The van der Waals surface area contributed by atoms with Crippen LogP contribution in [0.5, 0.6) is 0 Å². The third kappa shape index (κ3) is 3.78. The quantitative estimate of drug-likeness (QED) is 0.831. The summed E-state index contributed by atoms with van der Waals surface area (Å²) in [6.07, 6.45) is 0. The molecule has 0 saturated heterocycles. The highest BCUT2D eigenvalue weighted by Crippen LogP contribution is 2.23. The van der Waals surface area contributed by atoms with Gasteiger partial charge in [-0.15, -0.1) is 0 Å². The predicted octanol–water partition coefficient (Wildman–Crippen LogP) is 3.01. The molecule has 2 nitrogen and oxygen atoms in total. The van der Waals surface area contributed by atoms with E-state index in [9.17, 15) is 0 Å². The summed E-state index contributed by atoms with van der Waals surface area (Å²) in [4.78, 5) is 0. The largest absolute Gasteiger partial charge is 0.395 e. The number of hydrogen-bond donors (Lipinski definition) is 2. The first-order chi connectivity index (χ1) is 7.54. The summed E-state index contributed by atoms with van der Waals surface area (Å²) in [5.74, 6) is 0.468. The van der Waals surface area contributed by atoms with E-state index in [-0.39, 0.29) is 18.7 Å². The summed E-state index contributed by atoms with van der Waals surface area (Å²) < 4.78 is 0. The summed E-state index contributed by atoms with van der Waals surface area (Å²) in [6.45, 7) is 6.45. The summed E-state index contributed by atoms with van der Waals surface area (Å²) in [7, 11) is 0. The van der Waals surface area contributed by atoms with Gasteiger partial charge in [-0.1, -0.05) is 37.6 Å². The fraction of sp³-hybridized carbons (Fsp3) is 0.538. The zero-order valence-electron chi connectivity index (χ0n) is 10.1. The van der Waals surface area contributed by atoms with Crippen molar-refractivity contribution in [3.05, 3.63) is 34.9 Å². The SMILES string of the molecule is CC(C)C(N[C@@H](C)CO)c1ccc(Cl)cc1. The molecular weight excluding hydrogens is 222 g/mol. The van der Waals surface area contributed by atoms with Crippen molar-refractivity contribution in [1.29, 1.82) is 0 Å². The number of aliphatic hydroxyl groups excluding tert-OH is 1. The highest BCUT2D eigenvalue weighted by atomic mass is 35.5. The van der Waals surface area contributed by atoms with Gasteiger partial charge < -0.3 is 10.4 Å². The fourth-order valence-electron chi connectivity index (χ4n) is 1.70. The lowest BCUT2D eigenvalue weighted by atomic mass is 9.95. The van der Waals surface area contributed by atoms with E-state index in [0.717, 1.165) is 5.02 Å². The first-order valence-electron chi connectivity index (χ1n) is 5.67. The van der Waals surface area contributed by atoms with Crippen molar-refractivity contribution in [3.8, 4) is 0 Å². The molecule has 1 aromatic carbocycles. The van der Waals surface area contributed by atoms with Crippen LogP contribution in [0.3, 0.4) is 0 Å². The van der Waals surface area contributed by atoms with Crippen LogP contribution in [-0.4, -0.2) is 17.8 Å². The standard InChI is InChI=1S/C13H20ClNO/c1-9(2)13(15-10(3)8-16)11-4-6-12(14)7-5-11/h4-7,9-10,13,15-16H,8H2,1-3H3/t10-,13?/m0/s1. The molecule has 0 aliphatic carbocycles.